The maximum Gasteiger partial charge on any atom is 0.265 e. The summed E-state index contributed by atoms with van der Waals surface area (Å²) in [5, 5.41) is 4.03. The molecule has 0 aromatic heterocycles. The van der Waals surface area contributed by atoms with Gasteiger partial charge in [-0.2, -0.15) is 8.42 Å². The normalized spacial score (nSPS) is 24.4. The molecule has 4 nitrogen and oxygen atoms in total. The molecule has 2 unspecified atom stereocenters. The second kappa shape index (κ2) is 5.35. The Hall–Kier alpha value is -0.330. The molecule has 1 saturated heterocycles. The Morgan fingerprint density at radius 2 is 2.06 bits per heavy atom. The van der Waals surface area contributed by atoms with Crippen molar-refractivity contribution in [2.24, 2.45) is 0 Å². The van der Waals surface area contributed by atoms with E-state index in [-0.39, 0.29) is 5.92 Å². The third kappa shape index (κ3) is 3.59. The third-order valence-corrected chi connectivity index (χ3v) is 4.12. The highest BCUT2D eigenvalue weighted by Gasteiger charge is 2.28. The summed E-state index contributed by atoms with van der Waals surface area (Å²) in [6, 6.07) is 5.44. The minimum Gasteiger partial charge on any atom is -0.290 e. The van der Waals surface area contributed by atoms with Crippen molar-refractivity contribution < 1.29 is 12.6 Å². The third-order valence-electron chi connectivity index (χ3n) is 2.80. The van der Waals surface area contributed by atoms with Gasteiger partial charge in [-0.15, -0.1) is 0 Å². The largest absolute Gasteiger partial charge is 0.290 e. The molecule has 1 aromatic carbocycles. The topological polar surface area (TPSA) is 55.4 Å². The number of benzene rings is 1. The smallest absolute Gasteiger partial charge is 0.265 e. The minimum absolute atomic E-state index is 0.173. The molecule has 1 fully saturated rings. The lowest BCUT2D eigenvalue weighted by molar-refractivity contribution is 0.196. The van der Waals surface area contributed by atoms with Gasteiger partial charge in [-0.25, -0.2) is 0 Å². The molecule has 1 heterocycles. The van der Waals surface area contributed by atoms with Gasteiger partial charge < -0.3 is 0 Å². The van der Waals surface area contributed by atoms with Crippen LogP contribution in [0.4, 0.5) is 0 Å². The maximum absolute atomic E-state index is 11.0. The molecule has 2 rings (SSSR count). The van der Waals surface area contributed by atoms with Crippen LogP contribution in [-0.2, 0) is 14.3 Å². The molecule has 7 heteroatoms. The SMILES string of the molecule is CS(=O)(=O)OC1CC(c2ccc(Cl)c(Cl)c2)CN1. The zero-order valence-electron chi connectivity index (χ0n) is 9.69. The van der Waals surface area contributed by atoms with Crippen LogP contribution in [0.1, 0.15) is 17.9 Å². The summed E-state index contributed by atoms with van der Waals surface area (Å²) in [4.78, 5) is 0. The van der Waals surface area contributed by atoms with Crippen molar-refractivity contribution in [1.29, 1.82) is 0 Å². The van der Waals surface area contributed by atoms with E-state index in [4.69, 9.17) is 27.4 Å². The second-order valence-electron chi connectivity index (χ2n) is 4.30. The molecule has 0 radical (unpaired) electrons. The molecule has 0 aliphatic carbocycles. The highest BCUT2D eigenvalue weighted by molar-refractivity contribution is 7.86. The van der Waals surface area contributed by atoms with E-state index >= 15 is 0 Å². The van der Waals surface area contributed by atoms with E-state index < -0.39 is 16.3 Å². The number of nitrogens with one attached hydrogen (secondary N) is 1. The van der Waals surface area contributed by atoms with Crippen molar-refractivity contribution in [2.75, 3.05) is 12.8 Å². The Labute approximate surface area is 116 Å². The summed E-state index contributed by atoms with van der Waals surface area (Å²) in [7, 11) is -3.44. The van der Waals surface area contributed by atoms with E-state index in [0.29, 0.717) is 23.0 Å². The highest BCUT2D eigenvalue weighted by atomic mass is 35.5. The summed E-state index contributed by atoms with van der Waals surface area (Å²) < 4.78 is 27.0. The average molecular weight is 310 g/mol. The first kappa shape index (κ1) is 14.1. The number of hydrogen-bond donors (Lipinski definition) is 1. The molecule has 0 amide bonds. The van der Waals surface area contributed by atoms with Crippen LogP contribution in [0.2, 0.25) is 10.0 Å². The lowest BCUT2D eigenvalue weighted by atomic mass is 9.98. The van der Waals surface area contributed by atoms with E-state index in [9.17, 15) is 8.42 Å². The number of rotatable bonds is 3. The molecule has 18 heavy (non-hydrogen) atoms. The van der Waals surface area contributed by atoms with Crippen LogP contribution in [0.25, 0.3) is 0 Å². The molecule has 1 N–H and O–H groups in total. The Kier molecular flexibility index (Phi) is 4.18. The predicted molar refractivity (Wildman–Crippen MR) is 71.5 cm³/mol. The molecule has 100 valence electrons. The molecular weight excluding hydrogens is 297 g/mol. The molecular formula is C11H13Cl2NO3S. The van der Waals surface area contributed by atoms with Gasteiger partial charge in [0.15, 0.2) is 0 Å². The van der Waals surface area contributed by atoms with Gasteiger partial charge >= 0.3 is 0 Å². The Morgan fingerprint density at radius 1 is 1.33 bits per heavy atom. The quantitative estimate of drug-likeness (QED) is 0.871. The fraction of sp³-hybridized carbons (Fsp3) is 0.455. The highest BCUT2D eigenvalue weighted by Crippen LogP contribution is 2.31. The standard InChI is InChI=1S/C11H13Cl2NO3S/c1-18(15,16)17-11-5-8(6-14-11)7-2-3-9(12)10(13)4-7/h2-4,8,11,14H,5-6H2,1H3. The van der Waals surface area contributed by atoms with Gasteiger partial charge in [0.25, 0.3) is 10.1 Å². The molecule has 0 bridgehead atoms. The zero-order valence-corrected chi connectivity index (χ0v) is 12.0. The minimum atomic E-state index is -3.44. The van der Waals surface area contributed by atoms with Gasteiger partial charge in [-0.05, 0) is 24.1 Å². The van der Waals surface area contributed by atoms with Crippen molar-refractivity contribution >= 4 is 33.3 Å². The van der Waals surface area contributed by atoms with Crippen LogP contribution in [0.15, 0.2) is 18.2 Å². The molecule has 0 saturated carbocycles. The molecule has 1 aliphatic rings. The van der Waals surface area contributed by atoms with Gasteiger partial charge in [0, 0.05) is 12.5 Å². The summed E-state index contributed by atoms with van der Waals surface area (Å²) in [5.41, 5.74) is 1.02. The molecule has 1 aliphatic heterocycles. The van der Waals surface area contributed by atoms with E-state index in [1.165, 1.54) is 0 Å². The van der Waals surface area contributed by atoms with Gasteiger partial charge in [-0.3, -0.25) is 9.50 Å². The fourth-order valence-electron chi connectivity index (χ4n) is 2.00. The van der Waals surface area contributed by atoms with E-state index in [0.717, 1.165) is 11.8 Å². The second-order valence-corrected chi connectivity index (χ2v) is 6.72. The van der Waals surface area contributed by atoms with E-state index in [1.54, 1.807) is 12.1 Å². The van der Waals surface area contributed by atoms with Crippen molar-refractivity contribution in [3.63, 3.8) is 0 Å². The van der Waals surface area contributed by atoms with Crippen LogP contribution < -0.4 is 5.32 Å². The lowest BCUT2D eigenvalue weighted by Crippen LogP contribution is -2.27. The van der Waals surface area contributed by atoms with Crippen LogP contribution in [0.5, 0.6) is 0 Å². The van der Waals surface area contributed by atoms with Crippen molar-refractivity contribution in [3.05, 3.63) is 33.8 Å². The Balaban J connectivity index is 2.06. The van der Waals surface area contributed by atoms with Gasteiger partial charge in [0.2, 0.25) is 0 Å². The van der Waals surface area contributed by atoms with Crippen LogP contribution >= 0.6 is 23.2 Å². The first-order valence-electron chi connectivity index (χ1n) is 5.42. The van der Waals surface area contributed by atoms with Gasteiger partial charge in [0.05, 0.1) is 16.3 Å². The van der Waals surface area contributed by atoms with Crippen molar-refractivity contribution in [2.45, 2.75) is 18.6 Å². The summed E-state index contributed by atoms with van der Waals surface area (Å²) in [6.45, 7) is 0.651. The fourth-order valence-corrected chi connectivity index (χ4v) is 2.88. The zero-order chi connectivity index (χ0) is 13.3. The van der Waals surface area contributed by atoms with Crippen LogP contribution in [-0.4, -0.2) is 27.4 Å². The van der Waals surface area contributed by atoms with Crippen LogP contribution in [0, 0.1) is 0 Å². The monoisotopic (exact) mass is 309 g/mol. The summed E-state index contributed by atoms with van der Waals surface area (Å²) in [5.74, 6) is 0.173. The van der Waals surface area contributed by atoms with Gasteiger partial charge in [-0.1, -0.05) is 29.3 Å². The molecule has 0 spiro atoms. The molecule has 2 atom stereocenters. The maximum atomic E-state index is 11.0. The van der Waals surface area contributed by atoms with E-state index in [2.05, 4.69) is 5.32 Å². The number of hydrogen-bond acceptors (Lipinski definition) is 4. The predicted octanol–water partition coefficient (Wildman–Crippen LogP) is 2.37. The Bertz CT molecular complexity index is 547. The Morgan fingerprint density at radius 3 is 2.67 bits per heavy atom. The van der Waals surface area contributed by atoms with Gasteiger partial charge in [0.1, 0.15) is 6.23 Å². The molecule has 1 aromatic rings. The van der Waals surface area contributed by atoms with Crippen molar-refractivity contribution in [3.8, 4) is 0 Å². The van der Waals surface area contributed by atoms with E-state index in [1.807, 2.05) is 6.07 Å². The lowest BCUT2D eigenvalue weighted by Gasteiger charge is -2.11. The average Bonchev–Trinajstić information content (AvgIpc) is 2.68. The number of halogens is 2. The summed E-state index contributed by atoms with van der Waals surface area (Å²) >= 11 is 11.8. The first-order chi connectivity index (χ1) is 8.35. The summed E-state index contributed by atoms with van der Waals surface area (Å²) in [6.07, 6.45) is 1.16. The van der Waals surface area contributed by atoms with Crippen molar-refractivity contribution in [1.82, 2.24) is 5.32 Å². The first-order valence-corrected chi connectivity index (χ1v) is 7.99. The van der Waals surface area contributed by atoms with Crippen LogP contribution in [0.3, 0.4) is 0 Å².